The number of sulfone groups is 1. The highest BCUT2D eigenvalue weighted by Crippen LogP contribution is 2.17. The normalized spacial score (nSPS) is 12.9. The third-order valence-electron chi connectivity index (χ3n) is 3.04. The molecule has 3 nitrogen and oxygen atoms in total. The second-order valence-corrected chi connectivity index (χ2v) is 6.72. The van der Waals surface area contributed by atoms with E-state index in [1.807, 2.05) is 6.08 Å². The molecule has 0 N–H and O–H groups in total. The molecule has 4 heteroatoms. The first-order valence-corrected chi connectivity index (χ1v) is 8.23. The van der Waals surface area contributed by atoms with Crippen molar-refractivity contribution in [2.45, 2.75) is 31.1 Å². The quantitative estimate of drug-likeness (QED) is 0.569. The van der Waals surface area contributed by atoms with Crippen LogP contribution in [0.5, 0.6) is 0 Å². The van der Waals surface area contributed by atoms with Gasteiger partial charge in [0, 0.05) is 18.2 Å². The molecule has 0 bridgehead atoms. The summed E-state index contributed by atoms with van der Waals surface area (Å²) < 4.78 is 22.7. The molecule has 0 radical (unpaired) electrons. The van der Waals surface area contributed by atoms with Gasteiger partial charge < -0.3 is 0 Å². The first kappa shape index (κ1) is 15.6. The summed E-state index contributed by atoms with van der Waals surface area (Å²) >= 11 is 0. The average molecular weight is 280 g/mol. The first-order valence-electron chi connectivity index (χ1n) is 6.34. The zero-order valence-electron chi connectivity index (χ0n) is 11.4. The summed E-state index contributed by atoms with van der Waals surface area (Å²) in [5.74, 6) is 0.213. The second kappa shape index (κ2) is 6.66. The van der Waals surface area contributed by atoms with Gasteiger partial charge in [-0.15, -0.1) is 6.58 Å². The largest absolute Gasteiger partial charge is 0.294 e. The number of carbonyl (C=O) groups is 1. The maximum absolute atomic E-state index is 12.1. The van der Waals surface area contributed by atoms with Crippen LogP contribution >= 0.6 is 0 Å². The lowest BCUT2D eigenvalue weighted by atomic mass is 9.94. The van der Waals surface area contributed by atoms with Gasteiger partial charge in [0.2, 0.25) is 0 Å². The van der Waals surface area contributed by atoms with Crippen LogP contribution < -0.4 is 0 Å². The van der Waals surface area contributed by atoms with Crippen molar-refractivity contribution in [3.05, 3.63) is 42.5 Å². The van der Waals surface area contributed by atoms with E-state index in [9.17, 15) is 13.2 Å². The first-order chi connectivity index (χ1) is 8.88. The number of allylic oxidation sites excluding steroid dienone is 1. The Morgan fingerprint density at radius 2 is 1.89 bits per heavy atom. The Labute approximate surface area is 115 Å². The van der Waals surface area contributed by atoms with E-state index in [2.05, 4.69) is 13.5 Å². The van der Waals surface area contributed by atoms with Crippen LogP contribution in [0.15, 0.2) is 41.8 Å². The van der Waals surface area contributed by atoms with Crippen LogP contribution in [0.25, 0.3) is 0 Å². The Kier molecular flexibility index (Phi) is 5.48. The minimum Gasteiger partial charge on any atom is -0.294 e. The molecule has 0 saturated carbocycles. The van der Waals surface area contributed by atoms with E-state index in [0.717, 1.165) is 19.1 Å². The SMILES string of the molecule is C=C[C@@H](CCC)CC(=O)c1ccc(S(C)(=O)=O)cc1. The standard InChI is InChI=1S/C15H20O3S/c1-4-6-12(5-2)11-15(16)13-7-9-14(10-8-13)19(3,17)18/h5,7-10,12H,2,4,6,11H2,1,3H3/t12-/m0/s1. The predicted octanol–water partition coefficient (Wildman–Crippen LogP) is 3.27. The fourth-order valence-corrected chi connectivity index (χ4v) is 2.55. The lowest BCUT2D eigenvalue weighted by molar-refractivity contribution is 0.0967. The molecule has 0 aliphatic heterocycles. The molecule has 0 aromatic heterocycles. The Morgan fingerprint density at radius 3 is 2.32 bits per heavy atom. The number of rotatable bonds is 7. The Hall–Kier alpha value is -1.42. The van der Waals surface area contributed by atoms with Crippen molar-refractivity contribution in [3.8, 4) is 0 Å². The lowest BCUT2D eigenvalue weighted by Gasteiger charge is -2.10. The molecule has 1 atom stereocenters. The summed E-state index contributed by atoms with van der Waals surface area (Å²) in [5, 5.41) is 0. The third-order valence-corrected chi connectivity index (χ3v) is 4.17. The van der Waals surface area contributed by atoms with Gasteiger partial charge in [-0.1, -0.05) is 31.6 Å². The number of ketones is 1. The highest BCUT2D eigenvalue weighted by Gasteiger charge is 2.13. The fraction of sp³-hybridized carbons (Fsp3) is 0.400. The highest BCUT2D eigenvalue weighted by atomic mass is 32.2. The van der Waals surface area contributed by atoms with E-state index in [-0.39, 0.29) is 16.6 Å². The van der Waals surface area contributed by atoms with Gasteiger partial charge in [0.1, 0.15) is 0 Å². The van der Waals surface area contributed by atoms with Crippen LogP contribution in [-0.4, -0.2) is 20.5 Å². The Balaban J connectivity index is 2.81. The van der Waals surface area contributed by atoms with Gasteiger partial charge in [-0.2, -0.15) is 0 Å². The van der Waals surface area contributed by atoms with Crippen molar-refractivity contribution in [3.63, 3.8) is 0 Å². The fourth-order valence-electron chi connectivity index (χ4n) is 1.92. The number of hydrogen-bond donors (Lipinski definition) is 0. The summed E-state index contributed by atoms with van der Waals surface area (Å²) in [7, 11) is -3.21. The molecule has 1 aromatic carbocycles. The van der Waals surface area contributed by atoms with Crippen LogP contribution in [0.1, 0.15) is 36.5 Å². The van der Waals surface area contributed by atoms with Gasteiger partial charge in [0.15, 0.2) is 15.6 Å². The van der Waals surface area contributed by atoms with Gasteiger partial charge in [-0.25, -0.2) is 8.42 Å². The van der Waals surface area contributed by atoms with Crippen LogP contribution in [-0.2, 0) is 9.84 Å². The lowest BCUT2D eigenvalue weighted by Crippen LogP contribution is -2.07. The van der Waals surface area contributed by atoms with Crippen molar-refractivity contribution in [2.24, 2.45) is 5.92 Å². The van der Waals surface area contributed by atoms with E-state index in [0.29, 0.717) is 12.0 Å². The van der Waals surface area contributed by atoms with E-state index in [1.54, 1.807) is 12.1 Å². The van der Waals surface area contributed by atoms with Crippen LogP contribution in [0, 0.1) is 5.92 Å². The molecule has 0 spiro atoms. The third kappa shape index (κ3) is 4.63. The molecule has 0 heterocycles. The van der Waals surface area contributed by atoms with Crippen LogP contribution in [0.3, 0.4) is 0 Å². The maximum Gasteiger partial charge on any atom is 0.175 e. The zero-order chi connectivity index (χ0) is 14.5. The molecular formula is C15H20O3S. The summed E-state index contributed by atoms with van der Waals surface area (Å²) in [5.41, 5.74) is 0.551. The highest BCUT2D eigenvalue weighted by molar-refractivity contribution is 7.90. The van der Waals surface area contributed by atoms with Crippen molar-refractivity contribution in [1.29, 1.82) is 0 Å². The van der Waals surface area contributed by atoms with E-state index in [4.69, 9.17) is 0 Å². The van der Waals surface area contributed by atoms with Crippen molar-refractivity contribution in [2.75, 3.05) is 6.26 Å². The van der Waals surface area contributed by atoms with Crippen molar-refractivity contribution < 1.29 is 13.2 Å². The number of carbonyl (C=O) groups excluding carboxylic acids is 1. The minimum absolute atomic E-state index is 0.0263. The molecule has 0 amide bonds. The zero-order valence-corrected chi connectivity index (χ0v) is 12.2. The molecule has 0 saturated heterocycles. The summed E-state index contributed by atoms with van der Waals surface area (Å²) in [6.07, 6.45) is 5.34. The number of benzene rings is 1. The monoisotopic (exact) mass is 280 g/mol. The van der Waals surface area contributed by atoms with Crippen molar-refractivity contribution >= 4 is 15.6 Å². The number of Topliss-reactive ketones (excluding diaryl/α,β-unsaturated/α-hetero) is 1. The molecule has 0 unspecified atom stereocenters. The van der Waals surface area contributed by atoms with E-state index < -0.39 is 9.84 Å². The molecule has 0 fully saturated rings. The van der Waals surface area contributed by atoms with E-state index in [1.165, 1.54) is 12.1 Å². The molecular weight excluding hydrogens is 260 g/mol. The van der Waals surface area contributed by atoms with Gasteiger partial charge in [-0.3, -0.25) is 4.79 Å². The van der Waals surface area contributed by atoms with Gasteiger partial charge in [0.25, 0.3) is 0 Å². The smallest absolute Gasteiger partial charge is 0.175 e. The van der Waals surface area contributed by atoms with E-state index >= 15 is 0 Å². The maximum atomic E-state index is 12.1. The molecule has 19 heavy (non-hydrogen) atoms. The van der Waals surface area contributed by atoms with Crippen LogP contribution in [0.2, 0.25) is 0 Å². The second-order valence-electron chi connectivity index (χ2n) is 4.71. The summed E-state index contributed by atoms with van der Waals surface area (Å²) in [4.78, 5) is 12.3. The summed E-state index contributed by atoms with van der Waals surface area (Å²) in [6.45, 7) is 5.81. The Bertz CT molecular complexity index is 541. The average Bonchev–Trinajstić information content (AvgIpc) is 2.37. The van der Waals surface area contributed by atoms with Crippen molar-refractivity contribution in [1.82, 2.24) is 0 Å². The molecule has 0 aliphatic rings. The summed E-state index contributed by atoms with van der Waals surface area (Å²) in [6, 6.07) is 6.10. The molecule has 104 valence electrons. The topological polar surface area (TPSA) is 51.2 Å². The van der Waals surface area contributed by atoms with Gasteiger partial charge in [-0.05, 0) is 24.5 Å². The molecule has 1 aromatic rings. The minimum atomic E-state index is -3.21. The molecule has 1 rings (SSSR count). The van der Waals surface area contributed by atoms with Gasteiger partial charge >= 0.3 is 0 Å². The molecule has 0 aliphatic carbocycles. The number of hydrogen-bond acceptors (Lipinski definition) is 3. The predicted molar refractivity (Wildman–Crippen MR) is 77.1 cm³/mol. The Morgan fingerprint density at radius 1 is 1.32 bits per heavy atom. The van der Waals surface area contributed by atoms with Gasteiger partial charge in [0.05, 0.1) is 4.90 Å². The van der Waals surface area contributed by atoms with Crippen LogP contribution in [0.4, 0.5) is 0 Å².